The second-order valence-corrected chi connectivity index (χ2v) is 1.57. The molecule has 0 amide bonds. The van der Waals surface area contributed by atoms with Gasteiger partial charge in [0.2, 0.25) is 0 Å². The third-order valence-corrected chi connectivity index (χ3v) is 0.893. The number of ether oxygens (including phenoxy) is 1. The molecule has 0 aliphatic rings. The molecule has 0 fully saturated rings. The van der Waals surface area contributed by atoms with E-state index in [1.165, 1.54) is 7.11 Å². The average molecular weight is 125 g/mol. The third-order valence-electron chi connectivity index (χ3n) is 0.537. The molecule has 44 valence electrons. The molecule has 0 bridgehead atoms. The minimum Gasteiger partial charge on any atom is -0.389 e. The fraction of sp³-hybridized carbons (Fsp3) is 1.00. The van der Waals surface area contributed by atoms with Gasteiger partial charge in [0.15, 0.2) is 0 Å². The average Bonchev–Trinajstić information content (AvgIpc) is 1.68. The summed E-state index contributed by atoms with van der Waals surface area (Å²) in [6.45, 7) is 0.323. The first-order valence-electron chi connectivity index (χ1n) is 2.04. The summed E-state index contributed by atoms with van der Waals surface area (Å²) in [6, 6.07) is 0. The highest BCUT2D eigenvalue weighted by Gasteiger charge is 1.96. The zero-order valence-electron chi connectivity index (χ0n) is 4.22. The predicted molar refractivity (Wildman–Crippen MR) is 28.6 cm³/mol. The van der Waals surface area contributed by atoms with E-state index in [1.54, 1.807) is 0 Å². The molecule has 0 unspecified atom stereocenters. The molecule has 7 heavy (non-hydrogen) atoms. The van der Waals surface area contributed by atoms with E-state index in [4.69, 9.17) is 16.7 Å². The van der Waals surface area contributed by atoms with E-state index in [0.29, 0.717) is 6.61 Å². The number of hydrogen-bond acceptors (Lipinski definition) is 2. The van der Waals surface area contributed by atoms with Gasteiger partial charge in [0.1, 0.15) is 0 Å². The molecule has 3 heteroatoms. The zero-order chi connectivity index (χ0) is 5.70. The molecule has 1 N–H and O–H groups in total. The fourth-order valence-corrected chi connectivity index (χ4v) is 0.326. The maximum atomic E-state index is 8.60. The summed E-state index contributed by atoms with van der Waals surface area (Å²) < 4.78 is 4.56. The molecule has 0 aliphatic carbocycles. The number of rotatable bonds is 3. The largest absolute Gasteiger partial charge is 0.389 e. The number of hydrogen-bond donors (Lipinski definition) is 1. The van der Waals surface area contributed by atoms with Crippen molar-refractivity contribution < 1.29 is 9.84 Å². The van der Waals surface area contributed by atoms with Gasteiger partial charge in [-0.1, -0.05) is 0 Å². The molecular formula is C4H9ClO2. The van der Waals surface area contributed by atoms with Gasteiger partial charge < -0.3 is 9.84 Å². The Morgan fingerprint density at radius 3 is 2.57 bits per heavy atom. The molecule has 0 aromatic heterocycles. The van der Waals surface area contributed by atoms with Crippen LogP contribution in [0.1, 0.15) is 0 Å². The SMILES string of the molecule is COC[C@H](O)CCl. The number of aliphatic hydroxyl groups is 1. The van der Waals surface area contributed by atoms with Gasteiger partial charge in [-0.05, 0) is 0 Å². The Morgan fingerprint density at radius 2 is 2.43 bits per heavy atom. The number of aliphatic hydroxyl groups excluding tert-OH is 1. The lowest BCUT2D eigenvalue weighted by Gasteiger charge is -2.01. The highest BCUT2D eigenvalue weighted by atomic mass is 35.5. The molecule has 0 spiro atoms. The van der Waals surface area contributed by atoms with Gasteiger partial charge in [-0.15, -0.1) is 11.6 Å². The van der Waals surface area contributed by atoms with E-state index >= 15 is 0 Å². The minimum absolute atomic E-state index is 0.244. The van der Waals surface area contributed by atoms with Crippen LogP contribution in [0.4, 0.5) is 0 Å². The Bertz CT molecular complexity index is 40.7. The van der Waals surface area contributed by atoms with Gasteiger partial charge in [-0.25, -0.2) is 0 Å². The first-order chi connectivity index (χ1) is 3.31. The van der Waals surface area contributed by atoms with Crippen LogP contribution in [-0.4, -0.2) is 30.8 Å². The van der Waals surface area contributed by atoms with Crippen molar-refractivity contribution in [1.82, 2.24) is 0 Å². The van der Waals surface area contributed by atoms with E-state index in [0.717, 1.165) is 0 Å². The van der Waals surface area contributed by atoms with Crippen LogP contribution >= 0.6 is 11.6 Å². The lowest BCUT2D eigenvalue weighted by Crippen LogP contribution is -2.14. The van der Waals surface area contributed by atoms with Crippen LogP contribution in [0, 0.1) is 0 Å². The molecule has 0 aromatic rings. The topological polar surface area (TPSA) is 29.5 Å². The van der Waals surface area contributed by atoms with Crippen LogP contribution in [0.5, 0.6) is 0 Å². The standard InChI is InChI=1S/C4H9ClO2/c1-7-3-4(6)2-5/h4,6H,2-3H2,1H3/t4-/m1/s1. The summed E-state index contributed by atoms with van der Waals surface area (Å²) in [5.74, 6) is 0.244. The van der Waals surface area contributed by atoms with Crippen LogP contribution in [0.25, 0.3) is 0 Å². The van der Waals surface area contributed by atoms with Crippen LogP contribution in [0.2, 0.25) is 0 Å². The second-order valence-electron chi connectivity index (χ2n) is 1.26. The monoisotopic (exact) mass is 124 g/mol. The van der Waals surface area contributed by atoms with Crippen LogP contribution in [0.15, 0.2) is 0 Å². The first-order valence-corrected chi connectivity index (χ1v) is 2.57. The molecule has 2 nitrogen and oxygen atoms in total. The Labute approximate surface area is 48.0 Å². The van der Waals surface area contributed by atoms with Gasteiger partial charge >= 0.3 is 0 Å². The van der Waals surface area contributed by atoms with Gasteiger partial charge in [0, 0.05) is 7.11 Å². The van der Waals surface area contributed by atoms with Crippen LogP contribution in [0.3, 0.4) is 0 Å². The van der Waals surface area contributed by atoms with Gasteiger partial charge in [-0.2, -0.15) is 0 Å². The second kappa shape index (κ2) is 4.37. The van der Waals surface area contributed by atoms with Gasteiger partial charge in [0.05, 0.1) is 18.6 Å². The van der Waals surface area contributed by atoms with Crippen molar-refractivity contribution in [1.29, 1.82) is 0 Å². The van der Waals surface area contributed by atoms with Crippen molar-refractivity contribution in [3.8, 4) is 0 Å². The van der Waals surface area contributed by atoms with Crippen molar-refractivity contribution in [3.05, 3.63) is 0 Å². The fourth-order valence-electron chi connectivity index (χ4n) is 0.237. The smallest absolute Gasteiger partial charge is 0.0908 e. The van der Waals surface area contributed by atoms with E-state index in [9.17, 15) is 0 Å². The lowest BCUT2D eigenvalue weighted by molar-refractivity contribution is 0.0786. The highest BCUT2D eigenvalue weighted by Crippen LogP contribution is 1.85. The van der Waals surface area contributed by atoms with Crippen LogP contribution < -0.4 is 0 Å². The summed E-state index contributed by atoms with van der Waals surface area (Å²) >= 11 is 5.20. The first kappa shape index (κ1) is 7.21. The zero-order valence-corrected chi connectivity index (χ0v) is 4.98. The lowest BCUT2D eigenvalue weighted by atomic mass is 10.4. The normalized spacial score (nSPS) is 14.1. The number of alkyl halides is 1. The molecule has 1 atom stereocenters. The predicted octanol–water partition coefficient (Wildman–Crippen LogP) is 0.233. The van der Waals surface area contributed by atoms with Crippen molar-refractivity contribution in [2.24, 2.45) is 0 Å². The molecule has 0 rings (SSSR count). The summed E-state index contributed by atoms with van der Waals surface area (Å²) in [7, 11) is 1.52. The van der Waals surface area contributed by atoms with E-state index in [1.807, 2.05) is 0 Å². The maximum absolute atomic E-state index is 8.60. The van der Waals surface area contributed by atoms with E-state index < -0.39 is 6.10 Å². The van der Waals surface area contributed by atoms with Crippen molar-refractivity contribution in [2.45, 2.75) is 6.10 Å². The van der Waals surface area contributed by atoms with Crippen molar-refractivity contribution in [2.75, 3.05) is 19.6 Å². The Morgan fingerprint density at radius 1 is 1.86 bits per heavy atom. The molecule has 0 saturated heterocycles. The third kappa shape index (κ3) is 4.05. The van der Waals surface area contributed by atoms with Crippen LogP contribution in [-0.2, 0) is 4.74 Å². The quantitative estimate of drug-likeness (QED) is 0.546. The van der Waals surface area contributed by atoms with E-state index in [-0.39, 0.29) is 5.88 Å². The molecule has 0 heterocycles. The molecule has 0 aromatic carbocycles. The summed E-state index contributed by atoms with van der Waals surface area (Å²) in [5.41, 5.74) is 0. The molecule has 0 radical (unpaired) electrons. The molecule has 0 aliphatic heterocycles. The Hall–Kier alpha value is 0.210. The number of methoxy groups -OCH3 is 1. The van der Waals surface area contributed by atoms with E-state index in [2.05, 4.69) is 4.74 Å². The molecular weight excluding hydrogens is 115 g/mol. The van der Waals surface area contributed by atoms with Crippen molar-refractivity contribution in [3.63, 3.8) is 0 Å². The Balaban J connectivity index is 2.83. The van der Waals surface area contributed by atoms with Crippen molar-refractivity contribution >= 4 is 11.6 Å². The maximum Gasteiger partial charge on any atom is 0.0908 e. The minimum atomic E-state index is -0.508. The summed E-state index contributed by atoms with van der Waals surface area (Å²) in [5, 5.41) is 8.60. The van der Waals surface area contributed by atoms with Gasteiger partial charge in [0.25, 0.3) is 0 Å². The Kier molecular flexibility index (Phi) is 4.50. The number of halogens is 1. The summed E-state index contributed by atoms with van der Waals surface area (Å²) in [4.78, 5) is 0. The molecule has 0 saturated carbocycles. The van der Waals surface area contributed by atoms with Gasteiger partial charge in [-0.3, -0.25) is 0 Å². The summed E-state index contributed by atoms with van der Waals surface area (Å²) in [6.07, 6.45) is -0.508. The highest BCUT2D eigenvalue weighted by molar-refractivity contribution is 6.18.